The number of hydrogen-bond donors (Lipinski definition) is 2. The van der Waals surface area contributed by atoms with Crippen molar-refractivity contribution in [2.24, 2.45) is 10.8 Å². The minimum atomic E-state index is -1.51. The number of benzene rings is 1. The zero-order chi connectivity index (χ0) is 25.9. The standard InChI is InChI=1S/C23H32INO8/c1-21(2,3)18(28)31-14-11-12(10-13(24)16(14)32-19(29)22(4,5)6)15(17(26)27)25-20(30)33-23(7,8)9/h10-11,15H,1-9H3,(H,25,30)(H,26,27)/t15-/m1/s1. The molecular formula is C23H32INO8. The number of ether oxygens (including phenoxy) is 3. The predicted octanol–water partition coefficient (Wildman–Crippen LogP) is 4.84. The number of amides is 1. The van der Waals surface area contributed by atoms with Crippen molar-refractivity contribution in [1.29, 1.82) is 0 Å². The number of esters is 2. The molecule has 0 spiro atoms. The number of carboxylic acid groups (broad SMARTS) is 1. The minimum Gasteiger partial charge on any atom is -0.479 e. The lowest BCUT2D eigenvalue weighted by Gasteiger charge is -2.24. The summed E-state index contributed by atoms with van der Waals surface area (Å²) in [6.45, 7) is 14.9. The largest absolute Gasteiger partial charge is 0.479 e. The molecule has 1 aromatic rings. The number of carboxylic acids is 1. The van der Waals surface area contributed by atoms with Crippen molar-refractivity contribution in [3.63, 3.8) is 0 Å². The Morgan fingerprint density at radius 2 is 1.36 bits per heavy atom. The van der Waals surface area contributed by atoms with Crippen molar-refractivity contribution in [2.45, 2.75) is 74.0 Å². The molecule has 1 atom stereocenters. The van der Waals surface area contributed by atoms with E-state index < -0.39 is 46.5 Å². The molecule has 0 heterocycles. The zero-order valence-corrected chi connectivity index (χ0v) is 22.6. The van der Waals surface area contributed by atoms with E-state index in [2.05, 4.69) is 5.32 Å². The predicted molar refractivity (Wildman–Crippen MR) is 129 cm³/mol. The first-order valence-corrected chi connectivity index (χ1v) is 11.3. The summed E-state index contributed by atoms with van der Waals surface area (Å²) in [7, 11) is 0. The van der Waals surface area contributed by atoms with Gasteiger partial charge < -0.3 is 24.6 Å². The summed E-state index contributed by atoms with van der Waals surface area (Å²) in [5.74, 6) is -2.69. The number of aliphatic carboxylic acids is 1. The molecule has 0 aliphatic carbocycles. The van der Waals surface area contributed by atoms with Gasteiger partial charge in [0.25, 0.3) is 0 Å². The molecule has 9 nitrogen and oxygen atoms in total. The molecule has 0 saturated heterocycles. The van der Waals surface area contributed by atoms with E-state index in [0.717, 1.165) is 0 Å². The molecule has 0 radical (unpaired) electrons. The molecule has 0 unspecified atom stereocenters. The van der Waals surface area contributed by atoms with Gasteiger partial charge >= 0.3 is 24.0 Å². The average Bonchev–Trinajstić information content (AvgIpc) is 2.58. The topological polar surface area (TPSA) is 128 Å². The van der Waals surface area contributed by atoms with Gasteiger partial charge in [0.2, 0.25) is 0 Å². The lowest BCUT2D eigenvalue weighted by Crippen LogP contribution is -2.38. The molecule has 0 aliphatic rings. The Labute approximate surface area is 207 Å². The summed E-state index contributed by atoms with van der Waals surface area (Å²) in [4.78, 5) is 49.2. The molecule has 0 aromatic heterocycles. The summed E-state index contributed by atoms with van der Waals surface area (Å²) in [6.07, 6.45) is -0.929. The lowest BCUT2D eigenvalue weighted by atomic mass is 9.97. The van der Waals surface area contributed by atoms with Gasteiger partial charge in [-0.3, -0.25) is 9.59 Å². The van der Waals surface area contributed by atoms with Gasteiger partial charge in [-0.15, -0.1) is 0 Å². The van der Waals surface area contributed by atoms with Crippen LogP contribution in [-0.2, 0) is 19.1 Å². The highest BCUT2D eigenvalue weighted by Gasteiger charge is 2.32. The second-order valence-electron chi connectivity index (χ2n) is 10.5. The van der Waals surface area contributed by atoms with Gasteiger partial charge in [-0.25, -0.2) is 9.59 Å². The summed E-state index contributed by atoms with van der Waals surface area (Å²) in [5, 5.41) is 12.0. The number of alkyl carbamates (subject to hydrolysis) is 1. The van der Waals surface area contributed by atoms with Crippen molar-refractivity contribution in [1.82, 2.24) is 5.32 Å². The second-order valence-corrected chi connectivity index (χ2v) is 11.7. The molecule has 2 N–H and O–H groups in total. The van der Waals surface area contributed by atoms with E-state index in [1.807, 2.05) is 22.6 Å². The van der Waals surface area contributed by atoms with Crippen LogP contribution in [0, 0.1) is 14.4 Å². The fraction of sp³-hybridized carbons (Fsp3) is 0.565. The maximum atomic E-state index is 12.6. The Morgan fingerprint density at radius 3 is 1.79 bits per heavy atom. The molecule has 1 rings (SSSR count). The van der Waals surface area contributed by atoms with E-state index in [4.69, 9.17) is 14.2 Å². The van der Waals surface area contributed by atoms with Crippen molar-refractivity contribution >= 4 is 46.6 Å². The quantitative estimate of drug-likeness (QED) is 0.289. The monoisotopic (exact) mass is 577 g/mol. The molecule has 184 valence electrons. The maximum Gasteiger partial charge on any atom is 0.408 e. The van der Waals surface area contributed by atoms with Gasteiger partial charge in [-0.05, 0) is 103 Å². The molecule has 1 aromatic carbocycles. The molecule has 0 bridgehead atoms. The van der Waals surface area contributed by atoms with E-state index in [0.29, 0.717) is 3.57 Å². The number of nitrogens with one attached hydrogen (secondary N) is 1. The van der Waals surface area contributed by atoms with Crippen LogP contribution in [0.5, 0.6) is 11.5 Å². The second kappa shape index (κ2) is 10.3. The fourth-order valence-electron chi connectivity index (χ4n) is 2.14. The van der Waals surface area contributed by atoms with Crippen LogP contribution in [0.25, 0.3) is 0 Å². The zero-order valence-electron chi connectivity index (χ0n) is 20.4. The third kappa shape index (κ3) is 8.82. The lowest BCUT2D eigenvalue weighted by molar-refractivity contribution is -0.145. The van der Waals surface area contributed by atoms with Crippen molar-refractivity contribution in [3.8, 4) is 11.5 Å². The van der Waals surface area contributed by atoms with Crippen LogP contribution in [0.15, 0.2) is 12.1 Å². The highest BCUT2D eigenvalue weighted by Crippen LogP contribution is 2.38. The van der Waals surface area contributed by atoms with Crippen molar-refractivity contribution in [2.75, 3.05) is 0 Å². The minimum absolute atomic E-state index is 0.0155. The molecule has 1 amide bonds. The van der Waals surface area contributed by atoms with Crippen LogP contribution in [0.2, 0.25) is 0 Å². The van der Waals surface area contributed by atoms with E-state index in [1.165, 1.54) is 12.1 Å². The van der Waals surface area contributed by atoms with Crippen LogP contribution in [0.4, 0.5) is 4.79 Å². The SMILES string of the molecule is CC(C)(C)OC(=O)N[C@@H](C(=O)O)c1cc(I)c(OC(=O)C(C)(C)C)c(OC(=O)C(C)(C)C)c1. The number of halogens is 1. The molecule has 0 fully saturated rings. The first kappa shape index (κ1) is 28.7. The summed E-state index contributed by atoms with van der Waals surface area (Å²) in [5.41, 5.74) is -2.45. The molecule has 10 heteroatoms. The number of carbonyl (C=O) groups is 4. The van der Waals surface area contributed by atoms with Crippen LogP contribution < -0.4 is 14.8 Å². The first-order valence-electron chi connectivity index (χ1n) is 10.2. The van der Waals surface area contributed by atoms with Gasteiger partial charge in [0.05, 0.1) is 14.4 Å². The van der Waals surface area contributed by atoms with Gasteiger partial charge in [-0.2, -0.15) is 0 Å². The molecular weight excluding hydrogens is 545 g/mol. The maximum absolute atomic E-state index is 12.6. The van der Waals surface area contributed by atoms with Crippen LogP contribution >= 0.6 is 22.6 Å². The highest BCUT2D eigenvalue weighted by molar-refractivity contribution is 14.1. The highest BCUT2D eigenvalue weighted by atomic mass is 127. The summed E-state index contributed by atoms with van der Waals surface area (Å²) < 4.78 is 16.5. The van der Waals surface area contributed by atoms with Crippen LogP contribution in [0.3, 0.4) is 0 Å². The average molecular weight is 577 g/mol. The fourth-order valence-corrected chi connectivity index (χ4v) is 2.88. The Hall–Kier alpha value is -2.37. The van der Waals surface area contributed by atoms with E-state index >= 15 is 0 Å². The van der Waals surface area contributed by atoms with Crippen LogP contribution in [-0.4, -0.2) is 34.7 Å². The Bertz CT molecular complexity index is 935. The van der Waals surface area contributed by atoms with Crippen LogP contribution in [0.1, 0.15) is 73.9 Å². The van der Waals surface area contributed by atoms with Crippen molar-refractivity contribution in [3.05, 3.63) is 21.3 Å². The van der Waals surface area contributed by atoms with E-state index in [9.17, 15) is 24.3 Å². The summed E-state index contributed by atoms with van der Waals surface area (Å²) in [6, 6.07) is 1.18. The van der Waals surface area contributed by atoms with Gasteiger partial charge in [0.1, 0.15) is 5.60 Å². The third-order valence-corrected chi connectivity index (χ3v) is 4.70. The Morgan fingerprint density at radius 1 is 0.879 bits per heavy atom. The van der Waals surface area contributed by atoms with E-state index in [1.54, 1.807) is 62.3 Å². The van der Waals surface area contributed by atoms with Crippen molar-refractivity contribution < 1.29 is 38.5 Å². The normalized spacial score (nSPS) is 13.0. The molecule has 0 saturated carbocycles. The molecule has 0 aliphatic heterocycles. The van der Waals surface area contributed by atoms with Gasteiger partial charge in [0.15, 0.2) is 17.5 Å². The summed E-state index contributed by atoms with van der Waals surface area (Å²) >= 11 is 1.85. The Balaban J connectivity index is 3.52. The van der Waals surface area contributed by atoms with Gasteiger partial charge in [0, 0.05) is 0 Å². The molecule has 33 heavy (non-hydrogen) atoms. The number of hydrogen-bond acceptors (Lipinski definition) is 7. The smallest absolute Gasteiger partial charge is 0.408 e. The first-order chi connectivity index (χ1) is 14.7. The Kier molecular flexibility index (Phi) is 8.92. The van der Waals surface area contributed by atoms with Gasteiger partial charge in [-0.1, -0.05) is 0 Å². The third-order valence-electron chi connectivity index (χ3n) is 3.90. The number of carbonyl (C=O) groups excluding carboxylic acids is 3. The van der Waals surface area contributed by atoms with E-state index in [-0.39, 0.29) is 17.1 Å². The number of rotatable bonds is 5.